The van der Waals surface area contributed by atoms with Crippen LogP contribution in [0.3, 0.4) is 0 Å². The third-order valence-corrected chi connectivity index (χ3v) is 7.34. The summed E-state index contributed by atoms with van der Waals surface area (Å²) in [5.74, 6) is -1.10. The van der Waals surface area contributed by atoms with Gasteiger partial charge in [0.25, 0.3) is 21.8 Å². The number of aryl methyl sites for hydroxylation is 1. The van der Waals surface area contributed by atoms with Gasteiger partial charge in [-0.1, -0.05) is 37.3 Å². The molecule has 0 aromatic heterocycles. The molecule has 0 saturated carbocycles. The number of anilines is 1. The summed E-state index contributed by atoms with van der Waals surface area (Å²) in [5.41, 5.74) is 1.80. The average molecular weight is 496 g/mol. The number of carbonyl (C=O) groups is 2. The molecule has 0 spiro atoms. The lowest BCUT2D eigenvalue weighted by atomic mass is 10.1. The van der Waals surface area contributed by atoms with Crippen molar-refractivity contribution in [2.45, 2.75) is 18.2 Å². The maximum atomic E-state index is 13.9. The monoisotopic (exact) mass is 495 g/mol. The Morgan fingerprint density at radius 3 is 2.03 bits per heavy atom. The zero-order chi connectivity index (χ0) is 25.0. The number of rotatable bonds is 6. The Hall–Kier alpha value is -3.72. The molecule has 1 aliphatic heterocycles. The van der Waals surface area contributed by atoms with Crippen LogP contribution in [-0.4, -0.2) is 56.2 Å². The molecule has 9 heteroatoms. The van der Waals surface area contributed by atoms with E-state index < -0.39 is 15.8 Å². The molecular weight excluding hydrogens is 469 g/mol. The highest BCUT2D eigenvalue weighted by Crippen LogP contribution is 2.21. The number of hydrogen-bond donors (Lipinski definition) is 1. The molecule has 0 aliphatic carbocycles. The summed E-state index contributed by atoms with van der Waals surface area (Å²) in [6.07, 6.45) is 0.900. The summed E-state index contributed by atoms with van der Waals surface area (Å²) < 4.78 is 41.6. The van der Waals surface area contributed by atoms with Crippen LogP contribution < -0.4 is 4.72 Å². The summed E-state index contributed by atoms with van der Waals surface area (Å²) in [7, 11) is -4.09. The summed E-state index contributed by atoms with van der Waals surface area (Å²) in [6.45, 7) is 3.49. The molecule has 0 unspecified atom stereocenters. The standard InChI is InChI=1S/C26H26FN3O4S/c1-2-19-10-12-20(13-11-19)25(31)29-14-16-30(17-15-29)26(32)21-6-5-7-22(18-21)35(33,34)28-24-9-4-3-8-23(24)27/h3-13,18,28H,2,14-17H2,1H3. The Labute approximate surface area is 204 Å². The molecule has 2 amide bonds. The average Bonchev–Trinajstić information content (AvgIpc) is 2.89. The minimum absolute atomic E-state index is 0.0768. The summed E-state index contributed by atoms with van der Waals surface area (Å²) in [5, 5.41) is 0. The van der Waals surface area contributed by atoms with Crippen molar-refractivity contribution in [3.05, 3.63) is 95.3 Å². The number of halogens is 1. The number of nitrogens with zero attached hydrogens (tertiary/aromatic N) is 2. The SMILES string of the molecule is CCc1ccc(C(=O)N2CCN(C(=O)c3cccc(S(=O)(=O)Nc4ccccc4F)c3)CC2)cc1. The second kappa shape index (κ2) is 10.3. The van der Waals surface area contributed by atoms with Gasteiger partial charge in [-0.2, -0.15) is 0 Å². The number of piperazine rings is 1. The smallest absolute Gasteiger partial charge is 0.262 e. The molecule has 1 aliphatic rings. The van der Waals surface area contributed by atoms with Gasteiger partial charge in [0.2, 0.25) is 0 Å². The molecule has 1 heterocycles. The Balaban J connectivity index is 1.42. The van der Waals surface area contributed by atoms with Gasteiger partial charge in [-0.05, 0) is 54.4 Å². The molecule has 3 aromatic carbocycles. The van der Waals surface area contributed by atoms with Crippen molar-refractivity contribution in [1.29, 1.82) is 0 Å². The van der Waals surface area contributed by atoms with Crippen molar-refractivity contribution < 1.29 is 22.4 Å². The van der Waals surface area contributed by atoms with E-state index in [1.807, 2.05) is 24.3 Å². The van der Waals surface area contributed by atoms with Crippen molar-refractivity contribution >= 4 is 27.5 Å². The van der Waals surface area contributed by atoms with Gasteiger partial charge < -0.3 is 9.80 Å². The quantitative estimate of drug-likeness (QED) is 0.564. The molecule has 1 saturated heterocycles. The number of nitrogens with one attached hydrogen (secondary N) is 1. The van der Waals surface area contributed by atoms with Crippen LogP contribution in [0, 0.1) is 5.82 Å². The predicted molar refractivity (Wildman–Crippen MR) is 131 cm³/mol. The highest BCUT2D eigenvalue weighted by Gasteiger charge is 2.26. The molecule has 182 valence electrons. The summed E-state index contributed by atoms with van der Waals surface area (Å²) in [4.78, 5) is 29.0. The van der Waals surface area contributed by atoms with Crippen molar-refractivity contribution in [3.63, 3.8) is 0 Å². The minimum atomic E-state index is -4.09. The first kappa shape index (κ1) is 24.4. The molecule has 1 N–H and O–H groups in total. The Kier molecular flexibility index (Phi) is 7.16. The van der Waals surface area contributed by atoms with E-state index in [0.29, 0.717) is 31.7 Å². The van der Waals surface area contributed by atoms with E-state index in [-0.39, 0.29) is 28.0 Å². The van der Waals surface area contributed by atoms with Crippen molar-refractivity contribution in [2.75, 3.05) is 30.9 Å². The van der Waals surface area contributed by atoms with Crippen LogP contribution in [0.25, 0.3) is 0 Å². The number of sulfonamides is 1. The zero-order valence-corrected chi connectivity index (χ0v) is 20.1. The van der Waals surface area contributed by atoms with Gasteiger partial charge in [-0.15, -0.1) is 0 Å². The predicted octanol–water partition coefficient (Wildman–Crippen LogP) is 3.79. The molecule has 35 heavy (non-hydrogen) atoms. The van der Waals surface area contributed by atoms with E-state index >= 15 is 0 Å². The number of amides is 2. The lowest BCUT2D eigenvalue weighted by molar-refractivity contribution is 0.0535. The molecule has 3 aromatic rings. The first-order chi connectivity index (χ1) is 16.8. The number of carbonyl (C=O) groups excluding carboxylic acids is 2. The summed E-state index contributed by atoms with van der Waals surface area (Å²) in [6, 6.07) is 18.6. The van der Waals surface area contributed by atoms with Gasteiger partial charge >= 0.3 is 0 Å². The molecule has 0 atom stereocenters. The lowest BCUT2D eigenvalue weighted by Crippen LogP contribution is -2.50. The van der Waals surface area contributed by atoms with Gasteiger partial charge in [0.05, 0.1) is 10.6 Å². The molecule has 7 nitrogen and oxygen atoms in total. The maximum Gasteiger partial charge on any atom is 0.262 e. The van der Waals surface area contributed by atoms with Crippen LogP contribution in [-0.2, 0) is 16.4 Å². The first-order valence-corrected chi connectivity index (χ1v) is 12.8. The van der Waals surface area contributed by atoms with Crippen LogP contribution >= 0.6 is 0 Å². The highest BCUT2D eigenvalue weighted by molar-refractivity contribution is 7.92. The van der Waals surface area contributed by atoms with E-state index in [9.17, 15) is 22.4 Å². The van der Waals surface area contributed by atoms with E-state index in [4.69, 9.17) is 0 Å². The number of hydrogen-bond acceptors (Lipinski definition) is 4. The molecule has 0 radical (unpaired) electrons. The molecular formula is C26H26FN3O4S. The van der Waals surface area contributed by atoms with Crippen LogP contribution in [0.1, 0.15) is 33.2 Å². The Morgan fingerprint density at radius 1 is 0.829 bits per heavy atom. The van der Waals surface area contributed by atoms with Crippen molar-refractivity contribution in [2.24, 2.45) is 0 Å². The second-order valence-corrected chi connectivity index (χ2v) is 9.93. The highest BCUT2D eigenvalue weighted by atomic mass is 32.2. The van der Waals surface area contributed by atoms with E-state index in [1.54, 1.807) is 9.80 Å². The number of benzene rings is 3. The van der Waals surface area contributed by atoms with Crippen molar-refractivity contribution in [1.82, 2.24) is 9.80 Å². The normalized spacial score (nSPS) is 14.0. The second-order valence-electron chi connectivity index (χ2n) is 8.25. The van der Waals surface area contributed by atoms with Gasteiger partial charge in [-0.25, -0.2) is 12.8 Å². The molecule has 1 fully saturated rings. The van der Waals surface area contributed by atoms with Crippen LogP contribution in [0.15, 0.2) is 77.7 Å². The van der Waals surface area contributed by atoms with Crippen LogP contribution in [0.5, 0.6) is 0 Å². The van der Waals surface area contributed by atoms with Crippen LogP contribution in [0.2, 0.25) is 0 Å². The third-order valence-electron chi connectivity index (χ3n) is 5.97. The van der Waals surface area contributed by atoms with Crippen molar-refractivity contribution in [3.8, 4) is 0 Å². The van der Waals surface area contributed by atoms with E-state index in [2.05, 4.69) is 11.6 Å². The maximum absolute atomic E-state index is 13.9. The molecule has 4 rings (SSSR count). The largest absolute Gasteiger partial charge is 0.335 e. The van der Waals surface area contributed by atoms with E-state index in [0.717, 1.165) is 18.1 Å². The van der Waals surface area contributed by atoms with Gasteiger partial charge in [-0.3, -0.25) is 14.3 Å². The minimum Gasteiger partial charge on any atom is -0.335 e. The zero-order valence-electron chi connectivity index (χ0n) is 19.3. The number of para-hydroxylation sites is 1. The first-order valence-electron chi connectivity index (χ1n) is 11.3. The molecule has 0 bridgehead atoms. The fraction of sp³-hybridized carbons (Fsp3) is 0.231. The topological polar surface area (TPSA) is 86.8 Å². The third kappa shape index (κ3) is 5.51. The van der Waals surface area contributed by atoms with E-state index in [1.165, 1.54) is 42.5 Å². The summed E-state index contributed by atoms with van der Waals surface area (Å²) >= 11 is 0. The van der Waals surface area contributed by atoms with Crippen LogP contribution in [0.4, 0.5) is 10.1 Å². The van der Waals surface area contributed by atoms with Gasteiger partial charge in [0.15, 0.2) is 0 Å². The Morgan fingerprint density at radius 2 is 1.43 bits per heavy atom. The lowest BCUT2D eigenvalue weighted by Gasteiger charge is -2.35. The Bertz CT molecular complexity index is 1330. The fourth-order valence-electron chi connectivity index (χ4n) is 3.90. The van der Waals surface area contributed by atoms with Gasteiger partial charge in [0.1, 0.15) is 5.82 Å². The fourth-order valence-corrected chi connectivity index (χ4v) is 5.02. The van der Waals surface area contributed by atoms with Gasteiger partial charge in [0, 0.05) is 37.3 Å².